The van der Waals surface area contributed by atoms with Crippen molar-refractivity contribution in [3.63, 3.8) is 0 Å². The van der Waals surface area contributed by atoms with Gasteiger partial charge in [0.05, 0.1) is 17.5 Å². The number of aromatic amines is 1. The van der Waals surface area contributed by atoms with Gasteiger partial charge in [-0.05, 0) is 45.9 Å². The van der Waals surface area contributed by atoms with Gasteiger partial charge in [-0.25, -0.2) is 4.79 Å². The van der Waals surface area contributed by atoms with Gasteiger partial charge in [0.1, 0.15) is 5.75 Å². The molecule has 23 heavy (non-hydrogen) atoms. The molecule has 0 saturated heterocycles. The van der Waals surface area contributed by atoms with Gasteiger partial charge in [0.15, 0.2) is 0 Å². The van der Waals surface area contributed by atoms with E-state index in [1.807, 2.05) is 58.0 Å². The van der Waals surface area contributed by atoms with Crippen molar-refractivity contribution in [2.75, 3.05) is 5.32 Å². The van der Waals surface area contributed by atoms with Crippen molar-refractivity contribution in [2.24, 2.45) is 0 Å². The molecule has 2 rings (SSSR count). The first-order valence-electron chi connectivity index (χ1n) is 7.78. The Bertz CT molecular complexity index is 652. The molecule has 124 valence electrons. The van der Waals surface area contributed by atoms with Crippen molar-refractivity contribution in [1.82, 2.24) is 15.5 Å². The number of ether oxygens (including phenoxy) is 1. The molecule has 0 aliphatic carbocycles. The number of anilines is 1. The van der Waals surface area contributed by atoms with Gasteiger partial charge in [0.2, 0.25) is 0 Å². The van der Waals surface area contributed by atoms with Crippen molar-refractivity contribution < 1.29 is 9.53 Å². The van der Waals surface area contributed by atoms with Gasteiger partial charge >= 0.3 is 6.03 Å². The molecule has 1 heterocycles. The maximum atomic E-state index is 12.2. The molecule has 1 aromatic carbocycles. The lowest BCUT2D eigenvalue weighted by atomic mass is 10.2. The summed E-state index contributed by atoms with van der Waals surface area (Å²) in [5.74, 6) is 0.660. The monoisotopic (exact) mass is 316 g/mol. The van der Waals surface area contributed by atoms with Crippen LogP contribution in [0.3, 0.4) is 0 Å². The fourth-order valence-electron chi connectivity index (χ4n) is 2.25. The Kier molecular flexibility index (Phi) is 5.62. The van der Waals surface area contributed by atoms with Crippen molar-refractivity contribution in [3.05, 3.63) is 41.7 Å². The van der Waals surface area contributed by atoms with Crippen molar-refractivity contribution >= 4 is 11.7 Å². The van der Waals surface area contributed by atoms with Crippen LogP contribution >= 0.6 is 0 Å². The number of carbonyl (C=O) groups excluding carboxylic acids is 1. The largest absolute Gasteiger partial charge is 0.489 e. The van der Waals surface area contributed by atoms with Crippen LogP contribution in [-0.2, 0) is 6.42 Å². The minimum absolute atomic E-state index is 0.0316. The number of H-pyrrole nitrogens is 1. The molecule has 2 aromatic rings. The molecule has 1 atom stereocenters. The van der Waals surface area contributed by atoms with Gasteiger partial charge in [-0.2, -0.15) is 5.10 Å². The van der Waals surface area contributed by atoms with Gasteiger partial charge in [-0.3, -0.25) is 5.10 Å². The van der Waals surface area contributed by atoms with Crippen molar-refractivity contribution in [3.8, 4) is 5.75 Å². The fraction of sp³-hybridized carbons (Fsp3) is 0.412. The van der Waals surface area contributed by atoms with Crippen molar-refractivity contribution in [2.45, 2.75) is 46.3 Å². The second kappa shape index (κ2) is 7.67. The molecule has 0 fully saturated rings. The van der Waals surface area contributed by atoms with Gasteiger partial charge in [0, 0.05) is 18.2 Å². The number of aromatic nitrogens is 2. The predicted octanol–water partition coefficient (Wildman–Crippen LogP) is 3.26. The van der Waals surface area contributed by atoms with Crippen LogP contribution in [0.4, 0.5) is 10.5 Å². The van der Waals surface area contributed by atoms with Gasteiger partial charge in [0.25, 0.3) is 0 Å². The van der Waals surface area contributed by atoms with E-state index in [2.05, 4.69) is 20.8 Å². The summed E-state index contributed by atoms with van der Waals surface area (Å²) < 4.78 is 5.69. The number of benzene rings is 1. The topological polar surface area (TPSA) is 79.0 Å². The van der Waals surface area contributed by atoms with E-state index in [9.17, 15) is 4.79 Å². The van der Waals surface area contributed by atoms with E-state index in [0.29, 0.717) is 17.9 Å². The minimum Gasteiger partial charge on any atom is -0.489 e. The third kappa shape index (κ3) is 5.32. The highest BCUT2D eigenvalue weighted by Crippen LogP contribution is 2.24. The third-order valence-electron chi connectivity index (χ3n) is 3.15. The molecule has 1 aromatic heterocycles. The quantitative estimate of drug-likeness (QED) is 0.765. The summed E-state index contributed by atoms with van der Waals surface area (Å²) in [6, 6.07) is 9.08. The van der Waals surface area contributed by atoms with E-state index in [1.54, 1.807) is 0 Å². The number of rotatable bonds is 6. The van der Waals surface area contributed by atoms with Crippen LogP contribution in [0.25, 0.3) is 0 Å². The Hall–Kier alpha value is -2.50. The summed E-state index contributed by atoms with van der Waals surface area (Å²) in [5.41, 5.74) is 2.59. The Morgan fingerprint density at radius 2 is 2.04 bits per heavy atom. The Balaban J connectivity index is 1.91. The molecule has 0 radical (unpaired) electrons. The number of urea groups is 1. The smallest absolute Gasteiger partial charge is 0.319 e. The fourth-order valence-corrected chi connectivity index (χ4v) is 2.25. The highest BCUT2D eigenvalue weighted by Gasteiger charge is 2.12. The van der Waals surface area contributed by atoms with E-state index >= 15 is 0 Å². The zero-order valence-corrected chi connectivity index (χ0v) is 14.0. The lowest BCUT2D eigenvalue weighted by Gasteiger charge is -2.17. The Labute approximate surface area is 136 Å². The number of aryl methyl sites for hydroxylation is 1. The van der Waals surface area contributed by atoms with Crippen LogP contribution in [0.2, 0.25) is 0 Å². The summed E-state index contributed by atoms with van der Waals surface area (Å²) in [4.78, 5) is 12.2. The Morgan fingerprint density at radius 3 is 2.70 bits per heavy atom. The Morgan fingerprint density at radius 1 is 1.30 bits per heavy atom. The predicted molar refractivity (Wildman–Crippen MR) is 90.9 cm³/mol. The average molecular weight is 316 g/mol. The number of para-hydroxylation sites is 2. The highest BCUT2D eigenvalue weighted by atomic mass is 16.5. The summed E-state index contributed by atoms with van der Waals surface area (Å²) >= 11 is 0. The molecule has 0 aliphatic rings. The van der Waals surface area contributed by atoms with E-state index < -0.39 is 0 Å². The van der Waals surface area contributed by atoms with Crippen LogP contribution in [-0.4, -0.2) is 28.4 Å². The number of nitrogens with zero attached hydrogens (tertiary/aromatic N) is 1. The molecule has 0 unspecified atom stereocenters. The van der Waals surface area contributed by atoms with Crippen LogP contribution in [0.5, 0.6) is 5.75 Å². The van der Waals surface area contributed by atoms with Gasteiger partial charge < -0.3 is 15.4 Å². The zero-order valence-electron chi connectivity index (χ0n) is 14.0. The number of hydrogen-bond acceptors (Lipinski definition) is 3. The molecule has 3 N–H and O–H groups in total. The van der Waals surface area contributed by atoms with Gasteiger partial charge in [-0.1, -0.05) is 12.1 Å². The normalized spacial score (nSPS) is 12.0. The van der Waals surface area contributed by atoms with E-state index in [-0.39, 0.29) is 18.2 Å². The lowest BCUT2D eigenvalue weighted by Crippen LogP contribution is -2.37. The first kappa shape index (κ1) is 16.9. The molecular weight excluding hydrogens is 292 g/mol. The third-order valence-corrected chi connectivity index (χ3v) is 3.15. The van der Waals surface area contributed by atoms with Gasteiger partial charge in [-0.15, -0.1) is 0 Å². The summed E-state index contributed by atoms with van der Waals surface area (Å²) in [7, 11) is 0. The van der Waals surface area contributed by atoms with Crippen molar-refractivity contribution in [1.29, 1.82) is 0 Å². The number of carbonyl (C=O) groups is 1. The number of hydrogen-bond donors (Lipinski definition) is 3. The SMILES string of the molecule is Cc1cc(C[C@H](C)NC(=O)Nc2ccccc2OC(C)C)n[nH]1. The zero-order chi connectivity index (χ0) is 16.8. The molecule has 0 aliphatic heterocycles. The van der Waals surface area contributed by atoms with E-state index in [4.69, 9.17) is 4.74 Å². The van der Waals surface area contributed by atoms with Crippen LogP contribution < -0.4 is 15.4 Å². The number of amides is 2. The first-order chi connectivity index (χ1) is 10.9. The average Bonchev–Trinajstić information content (AvgIpc) is 2.85. The molecule has 6 heteroatoms. The molecule has 2 amide bonds. The minimum atomic E-state index is -0.260. The van der Waals surface area contributed by atoms with Crippen LogP contribution in [0, 0.1) is 6.92 Å². The highest BCUT2D eigenvalue weighted by molar-refractivity contribution is 5.91. The second-order valence-electron chi connectivity index (χ2n) is 5.91. The maximum Gasteiger partial charge on any atom is 0.319 e. The lowest BCUT2D eigenvalue weighted by molar-refractivity contribution is 0.241. The molecule has 0 bridgehead atoms. The summed E-state index contributed by atoms with van der Waals surface area (Å²) in [5, 5.41) is 12.8. The van der Waals surface area contributed by atoms with Crippen LogP contribution in [0.1, 0.15) is 32.2 Å². The first-order valence-corrected chi connectivity index (χ1v) is 7.78. The summed E-state index contributed by atoms with van der Waals surface area (Å²) in [6.07, 6.45) is 0.713. The maximum absolute atomic E-state index is 12.2. The van der Waals surface area contributed by atoms with E-state index in [1.165, 1.54) is 0 Å². The van der Waals surface area contributed by atoms with E-state index in [0.717, 1.165) is 11.4 Å². The standard InChI is InChI=1S/C17H24N4O2/c1-11(2)23-16-8-6-5-7-15(16)19-17(22)18-12(3)9-14-10-13(4)20-21-14/h5-8,10-12H,9H2,1-4H3,(H,20,21)(H2,18,19,22)/t12-/m0/s1. The molecule has 0 spiro atoms. The molecular formula is C17H24N4O2. The molecule has 0 saturated carbocycles. The second-order valence-corrected chi connectivity index (χ2v) is 5.91. The summed E-state index contributed by atoms with van der Waals surface area (Å²) in [6.45, 7) is 7.79. The number of nitrogens with one attached hydrogen (secondary N) is 3. The van der Waals surface area contributed by atoms with Crippen LogP contribution in [0.15, 0.2) is 30.3 Å². The molecule has 6 nitrogen and oxygen atoms in total.